The van der Waals surface area contributed by atoms with Crippen LogP contribution in [0.2, 0.25) is 0 Å². The minimum absolute atomic E-state index is 0.750. The van der Waals surface area contributed by atoms with Gasteiger partial charge in [-0.25, -0.2) is 25.2 Å². The fraction of sp³-hybridized carbons (Fsp3) is 0. The molecule has 0 saturated heterocycles. The van der Waals surface area contributed by atoms with Crippen molar-refractivity contribution < 1.29 is 14.4 Å². The Kier molecular flexibility index (Phi) is 11.0. The van der Waals surface area contributed by atoms with Crippen LogP contribution in [0.15, 0.2) is 5.10 Å². The van der Waals surface area contributed by atoms with Gasteiger partial charge in [0.2, 0.25) is 6.08 Å². The van der Waals surface area contributed by atoms with E-state index in [4.69, 9.17) is 15.0 Å². The Morgan fingerprint density at radius 2 is 2.00 bits per heavy atom. The maximum absolute atomic E-state index is 9.60. The summed E-state index contributed by atoms with van der Waals surface area (Å²) in [6.07, 6.45) is 1.81. The van der Waals surface area contributed by atoms with Crippen LogP contribution >= 0.6 is 0 Å². The van der Waals surface area contributed by atoms with Gasteiger partial charge in [-0.2, -0.15) is 0 Å². The number of nitrogens with one attached hydrogen (secondary N) is 2. The number of primary amides is 1. The lowest BCUT2D eigenvalue weighted by Gasteiger charge is -1.80. The van der Waals surface area contributed by atoms with Gasteiger partial charge in [0.1, 0.15) is 0 Å². The van der Waals surface area contributed by atoms with Gasteiger partial charge in [0.15, 0.2) is 0 Å². The quantitative estimate of drug-likeness (QED) is 0.243. The van der Waals surface area contributed by atoms with Gasteiger partial charge in [-0.3, -0.25) is 0 Å². The fourth-order valence-corrected chi connectivity index (χ4v) is 0.0779. The largest absolute Gasteiger partial charge is 0.350 e. The number of isocyanates is 2. The number of carbonyl (C=O) groups excluding carboxylic acids is 3. The summed E-state index contributed by atoms with van der Waals surface area (Å²) in [6.45, 7) is 0. The topological polar surface area (TPSA) is 125 Å². The SMILES string of the molecule is N=C=O.NC(=O)NN=C=O. The maximum Gasteiger partial charge on any atom is 0.333 e. The zero-order valence-corrected chi connectivity index (χ0v) is 4.75. The molecule has 0 heterocycles. The third-order valence-electron chi connectivity index (χ3n) is 0.212. The molecule has 0 aliphatic heterocycles. The molecule has 0 radical (unpaired) electrons. The van der Waals surface area contributed by atoms with E-state index in [1.165, 1.54) is 0 Å². The van der Waals surface area contributed by atoms with E-state index >= 15 is 0 Å². The lowest BCUT2D eigenvalue weighted by Crippen LogP contribution is -2.23. The van der Waals surface area contributed by atoms with Gasteiger partial charge in [0.05, 0.1) is 0 Å². The summed E-state index contributed by atoms with van der Waals surface area (Å²) in [5.74, 6) is 0. The monoisotopic (exact) mass is 144 g/mol. The first-order valence-electron chi connectivity index (χ1n) is 1.85. The van der Waals surface area contributed by atoms with Crippen molar-refractivity contribution in [3.63, 3.8) is 0 Å². The van der Waals surface area contributed by atoms with Crippen molar-refractivity contribution in [1.82, 2.24) is 5.43 Å². The first-order valence-corrected chi connectivity index (χ1v) is 1.85. The molecule has 7 heteroatoms. The number of hydrogen-bond acceptors (Lipinski definition) is 5. The Balaban J connectivity index is 0. The number of hydrogen-bond donors (Lipinski definition) is 3. The average Bonchev–Trinajstić information content (AvgIpc) is 1.85. The lowest BCUT2D eigenvalue weighted by atomic mass is 11.1. The van der Waals surface area contributed by atoms with Crippen molar-refractivity contribution >= 4 is 18.2 Å². The summed E-state index contributed by atoms with van der Waals surface area (Å²) in [4.78, 5) is 27.1. The maximum atomic E-state index is 9.60. The Morgan fingerprint density at radius 3 is 2.10 bits per heavy atom. The van der Waals surface area contributed by atoms with Crippen LogP contribution in [0.3, 0.4) is 0 Å². The number of amides is 2. The average molecular weight is 144 g/mol. The summed E-state index contributed by atoms with van der Waals surface area (Å²) in [7, 11) is 0. The molecule has 0 bridgehead atoms. The molecule has 0 aliphatic carbocycles. The van der Waals surface area contributed by atoms with Crippen molar-refractivity contribution in [2.75, 3.05) is 0 Å². The molecule has 10 heavy (non-hydrogen) atoms. The van der Waals surface area contributed by atoms with Crippen LogP contribution in [0.4, 0.5) is 4.79 Å². The zero-order valence-electron chi connectivity index (χ0n) is 4.75. The summed E-state index contributed by atoms with van der Waals surface area (Å²) in [6, 6.07) is -0.872. The number of nitrogens with zero attached hydrogens (tertiary/aromatic N) is 1. The van der Waals surface area contributed by atoms with Crippen LogP contribution in [-0.2, 0) is 9.59 Å². The second kappa shape index (κ2) is 10.1. The van der Waals surface area contributed by atoms with Gasteiger partial charge < -0.3 is 5.73 Å². The molecule has 0 aromatic heterocycles. The van der Waals surface area contributed by atoms with Crippen LogP contribution in [0.5, 0.6) is 0 Å². The van der Waals surface area contributed by atoms with Gasteiger partial charge >= 0.3 is 6.03 Å². The summed E-state index contributed by atoms with van der Waals surface area (Å²) >= 11 is 0. The number of rotatable bonds is 1. The van der Waals surface area contributed by atoms with E-state index in [1.54, 1.807) is 5.43 Å². The molecule has 0 aromatic rings. The second-order valence-electron chi connectivity index (χ2n) is 0.781. The van der Waals surface area contributed by atoms with Gasteiger partial charge in [0.25, 0.3) is 6.08 Å². The van der Waals surface area contributed by atoms with Crippen molar-refractivity contribution in [2.24, 2.45) is 10.8 Å². The predicted molar refractivity (Wildman–Crippen MR) is 29.3 cm³/mol. The van der Waals surface area contributed by atoms with E-state index in [9.17, 15) is 4.79 Å². The molecule has 0 saturated carbocycles. The smallest absolute Gasteiger partial charge is 0.333 e. The minimum Gasteiger partial charge on any atom is -0.350 e. The summed E-state index contributed by atoms with van der Waals surface area (Å²) in [5, 5.41) is 8.04. The highest BCUT2D eigenvalue weighted by Gasteiger charge is 1.79. The number of hydrazone groups is 1. The van der Waals surface area contributed by atoms with Gasteiger partial charge in [0, 0.05) is 0 Å². The Bertz CT molecular complexity index is 176. The van der Waals surface area contributed by atoms with Gasteiger partial charge in [-0.15, -0.1) is 0 Å². The third-order valence-corrected chi connectivity index (χ3v) is 0.212. The molecule has 0 aromatic carbocycles. The molecule has 7 nitrogen and oxygen atoms in total. The summed E-state index contributed by atoms with van der Waals surface area (Å²) < 4.78 is 0. The molecule has 0 unspecified atom stereocenters. The highest BCUT2D eigenvalue weighted by atomic mass is 16.2. The molecule has 54 valence electrons. The molecule has 0 fully saturated rings. The van der Waals surface area contributed by atoms with Crippen molar-refractivity contribution in [3.05, 3.63) is 0 Å². The van der Waals surface area contributed by atoms with E-state index in [-0.39, 0.29) is 0 Å². The second-order valence-corrected chi connectivity index (χ2v) is 0.781. The Hall–Kier alpha value is -1.97. The van der Waals surface area contributed by atoms with Gasteiger partial charge in [-0.1, -0.05) is 5.10 Å². The van der Waals surface area contributed by atoms with Crippen LogP contribution < -0.4 is 11.2 Å². The predicted octanol–water partition coefficient (Wildman–Crippen LogP) is -1.19. The Morgan fingerprint density at radius 1 is 1.60 bits per heavy atom. The first kappa shape index (κ1) is 10.9. The van der Waals surface area contributed by atoms with E-state index in [1.807, 2.05) is 0 Å². The number of carbonyl (C=O) groups is 1. The Labute approximate surface area is 55.4 Å². The molecule has 0 aliphatic rings. The van der Waals surface area contributed by atoms with E-state index < -0.39 is 6.03 Å². The molecule has 0 atom stereocenters. The van der Waals surface area contributed by atoms with E-state index in [2.05, 4.69) is 10.8 Å². The van der Waals surface area contributed by atoms with E-state index in [0.29, 0.717) is 0 Å². The minimum atomic E-state index is -0.872. The molecule has 0 rings (SSSR count). The van der Waals surface area contributed by atoms with Crippen molar-refractivity contribution in [2.45, 2.75) is 0 Å². The molecular weight excluding hydrogens is 140 g/mol. The fourth-order valence-electron chi connectivity index (χ4n) is 0.0779. The highest BCUT2D eigenvalue weighted by molar-refractivity contribution is 5.71. The lowest BCUT2D eigenvalue weighted by molar-refractivity contribution is 0.249. The molecule has 0 spiro atoms. The third kappa shape index (κ3) is 37.0. The van der Waals surface area contributed by atoms with Crippen molar-refractivity contribution in [1.29, 1.82) is 5.41 Å². The molecular formula is C3H4N4O3. The highest BCUT2D eigenvalue weighted by Crippen LogP contribution is 1.49. The first-order chi connectivity index (χ1) is 4.68. The van der Waals surface area contributed by atoms with Crippen LogP contribution in [-0.4, -0.2) is 18.2 Å². The van der Waals surface area contributed by atoms with Crippen LogP contribution in [0.1, 0.15) is 0 Å². The standard InChI is InChI=1S/C2H3N3O2.CHNO/c3-2(7)5-4-1-6;2-1-3/h(H3,3,5,7);2H. The molecule has 4 N–H and O–H groups in total. The zero-order chi connectivity index (χ0) is 8.41. The number of nitrogens with two attached hydrogens (primary N) is 1. The molecule has 2 amide bonds. The number of urea groups is 1. The van der Waals surface area contributed by atoms with Crippen molar-refractivity contribution in [3.8, 4) is 0 Å². The van der Waals surface area contributed by atoms with E-state index in [0.717, 1.165) is 12.2 Å². The van der Waals surface area contributed by atoms with Gasteiger partial charge in [-0.05, 0) is 0 Å². The van der Waals surface area contributed by atoms with Crippen LogP contribution in [0, 0.1) is 5.41 Å². The summed E-state index contributed by atoms with van der Waals surface area (Å²) in [5.41, 5.74) is 6.09. The normalized spacial score (nSPS) is 5.20. The van der Waals surface area contributed by atoms with Crippen LogP contribution in [0.25, 0.3) is 0 Å².